The summed E-state index contributed by atoms with van der Waals surface area (Å²) in [6, 6.07) is 16.3. The van der Waals surface area contributed by atoms with Crippen LogP contribution in [0.15, 0.2) is 48.5 Å². The number of hydrogen-bond acceptors (Lipinski definition) is 3. The predicted molar refractivity (Wildman–Crippen MR) is 96.4 cm³/mol. The number of rotatable bonds is 5. The number of nitrogens with zero attached hydrogens (tertiary/aromatic N) is 1. The molecule has 24 heavy (non-hydrogen) atoms. The number of benzene rings is 2. The Kier molecular flexibility index (Phi) is 5.04. The van der Waals surface area contributed by atoms with E-state index in [0.717, 1.165) is 30.7 Å². The number of carbonyl (C=O) groups excluding carboxylic acids is 1. The van der Waals surface area contributed by atoms with Crippen LogP contribution in [0.4, 0.5) is 5.69 Å². The van der Waals surface area contributed by atoms with Gasteiger partial charge < -0.3 is 15.0 Å². The molecule has 4 heteroatoms. The molecule has 0 heterocycles. The van der Waals surface area contributed by atoms with Crippen LogP contribution in [0.1, 0.15) is 30.0 Å². The number of para-hydroxylation sites is 2. The number of methoxy groups -OCH3 is 1. The van der Waals surface area contributed by atoms with Gasteiger partial charge in [-0.15, -0.1) is 0 Å². The maximum atomic E-state index is 12.6. The van der Waals surface area contributed by atoms with Crippen molar-refractivity contribution in [2.75, 3.05) is 26.0 Å². The molecule has 1 atom stereocenters. The monoisotopic (exact) mass is 324 g/mol. The second-order valence-corrected chi connectivity index (χ2v) is 6.17. The van der Waals surface area contributed by atoms with Crippen LogP contribution in [0.25, 0.3) is 0 Å². The van der Waals surface area contributed by atoms with Crippen LogP contribution in [0.5, 0.6) is 5.75 Å². The van der Waals surface area contributed by atoms with E-state index in [1.807, 2.05) is 36.2 Å². The smallest absolute Gasteiger partial charge is 0.242 e. The highest BCUT2D eigenvalue weighted by Crippen LogP contribution is 2.33. The molecule has 0 aromatic heterocycles. The third-order valence-corrected chi connectivity index (χ3v) is 4.74. The van der Waals surface area contributed by atoms with Crippen LogP contribution in [-0.4, -0.2) is 31.5 Å². The van der Waals surface area contributed by atoms with Gasteiger partial charge in [-0.2, -0.15) is 0 Å². The Morgan fingerprint density at radius 2 is 1.96 bits per heavy atom. The summed E-state index contributed by atoms with van der Waals surface area (Å²) in [5.74, 6) is 0.832. The van der Waals surface area contributed by atoms with Gasteiger partial charge in [-0.1, -0.05) is 36.4 Å². The van der Waals surface area contributed by atoms with Gasteiger partial charge in [0.25, 0.3) is 0 Å². The molecular weight excluding hydrogens is 300 g/mol. The molecule has 0 spiro atoms. The summed E-state index contributed by atoms with van der Waals surface area (Å²) in [4.78, 5) is 14.5. The topological polar surface area (TPSA) is 41.6 Å². The minimum atomic E-state index is 0.0857. The van der Waals surface area contributed by atoms with Gasteiger partial charge in [-0.3, -0.25) is 4.79 Å². The van der Waals surface area contributed by atoms with Crippen molar-refractivity contribution in [2.45, 2.75) is 25.3 Å². The van der Waals surface area contributed by atoms with Crippen LogP contribution in [0.3, 0.4) is 0 Å². The number of likely N-dealkylation sites (N-methyl/N-ethyl adjacent to an activating group) is 1. The predicted octanol–water partition coefficient (Wildman–Crippen LogP) is 3.64. The molecule has 0 radical (unpaired) electrons. The molecule has 2 aromatic carbocycles. The normalized spacial score (nSPS) is 16.2. The van der Waals surface area contributed by atoms with Gasteiger partial charge in [0.2, 0.25) is 5.91 Å². The molecule has 1 N–H and O–H groups in total. The van der Waals surface area contributed by atoms with E-state index in [4.69, 9.17) is 4.74 Å². The minimum Gasteiger partial charge on any atom is -0.495 e. The van der Waals surface area contributed by atoms with E-state index >= 15 is 0 Å². The van der Waals surface area contributed by atoms with E-state index in [2.05, 4.69) is 29.6 Å². The minimum absolute atomic E-state index is 0.0857. The van der Waals surface area contributed by atoms with E-state index in [9.17, 15) is 4.79 Å². The number of nitrogens with one attached hydrogen (secondary N) is 1. The van der Waals surface area contributed by atoms with Gasteiger partial charge in [-0.05, 0) is 42.5 Å². The molecule has 126 valence electrons. The van der Waals surface area contributed by atoms with Gasteiger partial charge >= 0.3 is 0 Å². The summed E-state index contributed by atoms with van der Waals surface area (Å²) in [6.45, 7) is 0.259. The quantitative estimate of drug-likeness (QED) is 0.913. The van der Waals surface area contributed by atoms with Crippen LogP contribution < -0.4 is 10.1 Å². The lowest BCUT2D eigenvalue weighted by Crippen LogP contribution is -2.37. The third-order valence-electron chi connectivity index (χ3n) is 4.74. The summed E-state index contributed by atoms with van der Waals surface area (Å²) >= 11 is 0. The molecule has 1 aliphatic carbocycles. The standard InChI is InChI=1S/C20H24N2O2/c1-22(18-12-7-9-15-8-3-4-10-16(15)18)20(23)14-21-17-11-5-6-13-19(17)24-2/h3-6,8,10-11,13,18,21H,7,9,12,14H2,1-2H3. The average molecular weight is 324 g/mol. The fourth-order valence-corrected chi connectivity index (χ4v) is 3.39. The number of ether oxygens (including phenoxy) is 1. The summed E-state index contributed by atoms with van der Waals surface area (Å²) in [5.41, 5.74) is 3.49. The summed E-state index contributed by atoms with van der Waals surface area (Å²) < 4.78 is 5.31. The number of anilines is 1. The van der Waals surface area contributed by atoms with Crippen LogP contribution in [0, 0.1) is 0 Å². The van der Waals surface area contributed by atoms with Crippen molar-refractivity contribution >= 4 is 11.6 Å². The summed E-state index contributed by atoms with van der Waals surface area (Å²) in [6.07, 6.45) is 3.25. The molecule has 0 fully saturated rings. The molecule has 1 amide bonds. The Morgan fingerprint density at radius 1 is 1.21 bits per heavy atom. The number of carbonyl (C=O) groups is 1. The van der Waals surface area contributed by atoms with E-state index < -0.39 is 0 Å². The zero-order valence-corrected chi connectivity index (χ0v) is 14.3. The zero-order valence-electron chi connectivity index (χ0n) is 14.3. The molecule has 0 bridgehead atoms. The fraction of sp³-hybridized carbons (Fsp3) is 0.350. The second kappa shape index (κ2) is 7.39. The van der Waals surface area contributed by atoms with E-state index in [-0.39, 0.29) is 18.5 Å². The summed E-state index contributed by atoms with van der Waals surface area (Å²) in [7, 11) is 3.53. The van der Waals surface area contributed by atoms with Crippen molar-refractivity contribution in [3.63, 3.8) is 0 Å². The number of amides is 1. The van der Waals surface area contributed by atoms with E-state index in [1.54, 1.807) is 7.11 Å². The molecule has 1 aliphatic rings. The maximum absolute atomic E-state index is 12.6. The zero-order chi connectivity index (χ0) is 16.9. The van der Waals surface area contributed by atoms with Gasteiger partial charge in [-0.25, -0.2) is 0 Å². The highest BCUT2D eigenvalue weighted by molar-refractivity contribution is 5.81. The molecular formula is C20H24N2O2. The highest BCUT2D eigenvalue weighted by atomic mass is 16.5. The Morgan fingerprint density at radius 3 is 2.79 bits per heavy atom. The maximum Gasteiger partial charge on any atom is 0.242 e. The first-order valence-corrected chi connectivity index (χ1v) is 8.41. The molecule has 4 nitrogen and oxygen atoms in total. The van der Waals surface area contributed by atoms with Crippen LogP contribution in [-0.2, 0) is 11.2 Å². The first kappa shape index (κ1) is 16.4. The average Bonchev–Trinajstić information content (AvgIpc) is 2.65. The lowest BCUT2D eigenvalue weighted by Gasteiger charge is -2.33. The highest BCUT2D eigenvalue weighted by Gasteiger charge is 2.26. The van der Waals surface area contributed by atoms with Crippen molar-refractivity contribution in [3.05, 3.63) is 59.7 Å². The second-order valence-electron chi connectivity index (χ2n) is 6.17. The fourth-order valence-electron chi connectivity index (χ4n) is 3.39. The Bertz CT molecular complexity index is 714. The van der Waals surface area contributed by atoms with Gasteiger partial charge in [0.1, 0.15) is 5.75 Å². The molecule has 2 aromatic rings. The van der Waals surface area contributed by atoms with Gasteiger partial charge in [0.05, 0.1) is 25.4 Å². The molecule has 0 aliphatic heterocycles. The van der Waals surface area contributed by atoms with Crippen molar-refractivity contribution in [1.29, 1.82) is 0 Å². The van der Waals surface area contributed by atoms with Crippen LogP contribution in [0.2, 0.25) is 0 Å². The lowest BCUT2D eigenvalue weighted by molar-refractivity contribution is -0.130. The molecule has 3 rings (SSSR count). The third kappa shape index (κ3) is 3.37. The van der Waals surface area contributed by atoms with Gasteiger partial charge in [0.15, 0.2) is 0 Å². The lowest BCUT2D eigenvalue weighted by atomic mass is 9.87. The largest absolute Gasteiger partial charge is 0.495 e. The van der Waals surface area contributed by atoms with Crippen molar-refractivity contribution in [1.82, 2.24) is 4.90 Å². The number of aryl methyl sites for hydroxylation is 1. The first-order valence-electron chi connectivity index (χ1n) is 8.41. The van der Waals surface area contributed by atoms with E-state index in [0.29, 0.717) is 0 Å². The van der Waals surface area contributed by atoms with Crippen molar-refractivity contribution in [2.24, 2.45) is 0 Å². The Balaban J connectivity index is 1.67. The van der Waals surface area contributed by atoms with Gasteiger partial charge in [0, 0.05) is 7.05 Å². The van der Waals surface area contributed by atoms with Crippen LogP contribution >= 0.6 is 0 Å². The first-order chi connectivity index (χ1) is 11.7. The molecule has 1 unspecified atom stereocenters. The molecule has 0 saturated heterocycles. The van der Waals surface area contributed by atoms with E-state index in [1.165, 1.54) is 11.1 Å². The Labute approximate surface area is 143 Å². The SMILES string of the molecule is COc1ccccc1NCC(=O)N(C)C1CCCc2ccccc21. The molecule has 0 saturated carbocycles. The Hall–Kier alpha value is -2.49. The number of hydrogen-bond donors (Lipinski definition) is 1. The number of fused-ring (bicyclic) bond motifs is 1. The summed E-state index contributed by atoms with van der Waals surface area (Å²) in [5, 5.41) is 3.19. The van der Waals surface area contributed by atoms with Crippen molar-refractivity contribution < 1.29 is 9.53 Å². The van der Waals surface area contributed by atoms with Crippen molar-refractivity contribution in [3.8, 4) is 5.75 Å².